The summed E-state index contributed by atoms with van der Waals surface area (Å²) in [5.74, 6) is -1.01. The number of nitro groups is 1. The maximum absolute atomic E-state index is 12.9. The number of benzene rings is 2. The van der Waals surface area contributed by atoms with Crippen molar-refractivity contribution in [3.05, 3.63) is 69.8 Å². The predicted molar refractivity (Wildman–Crippen MR) is 127 cm³/mol. The lowest BCUT2D eigenvalue weighted by atomic mass is 10.1. The molecule has 1 saturated heterocycles. The van der Waals surface area contributed by atoms with Gasteiger partial charge in [-0.15, -0.1) is 0 Å². The van der Waals surface area contributed by atoms with Gasteiger partial charge in [0.2, 0.25) is 0 Å². The Kier molecular flexibility index (Phi) is 8.50. The molecule has 3 rings (SSSR count). The van der Waals surface area contributed by atoms with Crippen molar-refractivity contribution in [1.29, 1.82) is 0 Å². The highest BCUT2D eigenvalue weighted by molar-refractivity contribution is 6.39. The number of rotatable bonds is 11. The Bertz CT molecular complexity index is 1090. The number of non-ortho nitro benzene ring substituents is 1. The Morgan fingerprint density at radius 2 is 1.71 bits per heavy atom. The van der Waals surface area contributed by atoms with Crippen molar-refractivity contribution >= 4 is 35.3 Å². The molecular formula is C25H27N3O6. The summed E-state index contributed by atoms with van der Waals surface area (Å²) >= 11 is 0. The van der Waals surface area contributed by atoms with E-state index in [9.17, 15) is 24.5 Å². The van der Waals surface area contributed by atoms with E-state index >= 15 is 0 Å². The molecule has 9 heteroatoms. The van der Waals surface area contributed by atoms with Crippen LogP contribution in [0.5, 0.6) is 5.75 Å². The first-order valence-corrected chi connectivity index (χ1v) is 11.3. The fourth-order valence-corrected chi connectivity index (χ4v) is 3.54. The van der Waals surface area contributed by atoms with Crippen molar-refractivity contribution < 1.29 is 24.0 Å². The summed E-state index contributed by atoms with van der Waals surface area (Å²) in [4.78, 5) is 48.7. The number of nitrogens with one attached hydrogen (secondary N) is 1. The number of imide groups is 2. The lowest BCUT2D eigenvalue weighted by Gasteiger charge is -2.26. The average Bonchev–Trinajstić information content (AvgIpc) is 2.82. The van der Waals surface area contributed by atoms with Crippen LogP contribution in [0.25, 0.3) is 6.08 Å². The summed E-state index contributed by atoms with van der Waals surface area (Å²) in [6, 6.07) is 11.0. The van der Waals surface area contributed by atoms with E-state index in [1.54, 1.807) is 24.3 Å². The third kappa shape index (κ3) is 6.28. The fraction of sp³-hybridized carbons (Fsp3) is 0.320. The number of barbiturate groups is 1. The van der Waals surface area contributed by atoms with Crippen LogP contribution in [0, 0.1) is 10.1 Å². The molecule has 0 saturated carbocycles. The molecule has 0 spiro atoms. The number of carbonyl (C=O) groups excluding carboxylic acids is 3. The van der Waals surface area contributed by atoms with E-state index in [0.29, 0.717) is 22.8 Å². The summed E-state index contributed by atoms with van der Waals surface area (Å²) in [6.07, 6.45) is 8.40. The van der Waals surface area contributed by atoms with Crippen molar-refractivity contribution in [2.75, 3.05) is 11.5 Å². The molecule has 1 N–H and O–H groups in total. The average molecular weight is 466 g/mol. The van der Waals surface area contributed by atoms with Crippen LogP contribution in [0.3, 0.4) is 0 Å². The van der Waals surface area contributed by atoms with E-state index in [2.05, 4.69) is 12.2 Å². The topological polar surface area (TPSA) is 119 Å². The minimum absolute atomic E-state index is 0.00598. The van der Waals surface area contributed by atoms with Gasteiger partial charge in [-0.2, -0.15) is 0 Å². The lowest BCUT2D eigenvalue weighted by Crippen LogP contribution is -2.54. The third-order valence-corrected chi connectivity index (χ3v) is 5.36. The largest absolute Gasteiger partial charge is 0.494 e. The predicted octanol–water partition coefficient (Wildman–Crippen LogP) is 5.00. The van der Waals surface area contributed by atoms with Crippen LogP contribution in [0.15, 0.2) is 54.1 Å². The first kappa shape index (κ1) is 24.6. The highest BCUT2D eigenvalue weighted by atomic mass is 16.6. The van der Waals surface area contributed by atoms with Crippen LogP contribution in [0.1, 0.15) is 51.0 Å². The Labute approximate surface area is 197 Å². The molecule has 1 heterocycles. The van der Waals surface area contributed by atoms with E-state index in [0.717, 1.165) is 18.9 Å². The van der Waals surface area contributed by atoms with Crippen LogP contribution in [-0.2, 0) is 9.59 Å². The highest BCUT2D eigenvalue weighted by Gasteiger charge is 2.37. The molecular weight excluding hydrogens is 438 g/mol. The maximum Gasteiger partial charge on any atom is 0.335 e. The van der Waals surface area contributed by atoms with Crippen LogP contribution in [0.2, 0.25) is 0 Å². The molecule has 0 atom stereocenters. The van der Waals surface area contributed by atoms with Gasteiger partial charge >= 0.3 is 6.03 Å². The summed E-state index contributed by atoms with van der Waals surface area (Å²) in [6.45, 7) is 2.81. The first-order valence-electron chi connectivity index (χ1n) is 11.3. The molecule has 178 valence electrons. The molecule has 2 aromatic rings. The standard InChI is InChI=1S/C25H27N3O6/c1-2-3-4-5-6-7-15-34-21-13-11-18(12-14-21)16-22-23(29)26-25(31)27(24(22)30)19-9-8-10-20(17-19)28(32)33/h8-14,16-17H,2-7,15H2,1H3,(H,26,29,31)/b22-16-. The highest BCUT2D eigenvalue weighted by Crippen LogP contribution is 2.26. The molecule has 9 nitrogen and oxygen atoms in total. The monoisotopic (exact) mass is 465 g/mol. The molecule has 34 heavy (non-hydrogen) atoms. The smallest absolute Gasteiger partial charge is 0.335 e. The molecule has 0 aromatic heterocycles. The van der Waals surface area contributed by atoms with Crippen molar-refractivity contribution in [3.8, 4) is 5.75 Å². The fourth-order valence-electron chi connectivity index (χ4n) is 3.54. The summed E-state index contributed by atoms with van der Waals surface area (Å²) < 4.78 is 5.74. The zero-order chi connectivity index (χ0) is 24.5. The quantitative estimate of drug-likeness (QED) is 0.164. The van der Waals surface area contributed by atoms with Crippen LogP contribution >= 0.6 is 0 Å². The van der Waals surface area contributed by atoms with E-state index in [1.165, 1.54) is 50.0 Å². The molecule has 1 fully saturated rings. The Morgan fingerprint density at radius 1 is 1.00 bits per heavy atom. The van der Waals surface area contributed by atoms with E-state index in [4.69, 9.17) is 4.74 Å². The number of carbonyl (C=O) groups is 3. The third-order valence-electron chi connectivity index (χ3n) is 5.36. The van der Waals surface area contributed by atoms with Gasteiger partial charge in [0.15, 0.2) is 0 Å². The van der Waals surface area contributed by atoms with Gasteiger partial charge in [-0.3, -0.25) is 25.0 Å². The lowest BCUT2D eigenvalue weighted by molar-refractivity contribution is -0.384. The molecule has 1 aliphatic heterocycles. The molecule has 0 bridgehead atoms. The Balaban J connectivity index is 1.68. The second-order valence-electron chi connectivity index (χ2n) is 7.92. The number of nitrogens with zero attached hydrogens (tertiary/aromatic N) is 2. The number of anilines is 1. The van der Waals surface area contributed by atoms with E-state index < -0.39 is 22.8 Å². The van der Waals surface area contributed by atoms with Crippen LogP contribution in [-0.4, -0.2) is 29.4 Å². The minimum atomic E-state index is -0.967. The second kappa shape index (κ2) is 11.7. The summed E-state index contributed by atoms with van der Waals surface area (Å²) in [5, 5.41) is 13.2. The van der Waals surface area contributed by atoms with Gasteiger partial charge in [-0.25, -0.2) is 9.69 Å². The molecule has 0 aliphatic carbocycles. The van der Waals surface area contributed by atoms with Gasteiger partial charge in [0.05, 0.1) is 17.2 Å². The molecule has 2 aromatic carbocycles. The van der Waals surface area contributed by atoms with Crippen LogP contribution in [0.4, 0.5) is 16.2 Å². The minimum Gasteiger partial charge on any atom is -0.494 e. The van der Waals surface area contributed by atoms with Crippen molar-refractivity contribution in [2.24, 2.45) is 0 Å². The Hall–Kier alpha value is -4.01. The number of amides is 4. The number of unbranched alkanes of at least 4 members (excludes halogenated alkanes) is 5. The van der Waals surface area contributed by atoms with Crippen molar-refractivity contribution in [3.63, 3.8) is 0 Å². The molecule has 1 aliphatic rings. The van der Waals surface area contributed by atoms with Crippen molar-refractivity contribution in [1.82, 2.24) is 5.32 Å². The zero-order valence-electron chi connectivity index (χ0n) is 19.0. The van der Waals surface area contributed by atoms with Gasteiger partial charge in [-0.1, -0.05) is 57.2 Å². The Morgan fingerprint density at radius 3 is 2.41 bits per heavy atom. The van der Waals surface area contributed by atoms with Gasteiger partial charge in [0, 0.05) is 12.1 Å². The zero-order valence-corrected chi connectivity index (χ0v) is 19.0. The maximum atomic E-state index is 12.9. The number of nitro benzene ring substituents is 1. The van der Waals surface area contributed by atoms with Gasteiger partial charge in [0.25, 0.3) is 17.5 Å². The van der Waals surface area contributed by atoms with Crippen molar-refractivity contribution in [2.45, 2.75) is 45.4 Å². The van der Waals surface area contributed by atoms with Gasteiger partial charge < -0.3 is 4.74 Å². The first-order chi connectivity index (χ1) is 16.4. The second-order valence-corrected chi connectivity index (χ2v) is 7.92. The van der Waals surface area contributed by atoms with Gasteiger partial charge in [0.1, 0.15) is 11.3 Å². The SMILES string of the molecule is CCCCCCCCOc1ccc(/C=C2/C(=O)NC(=O)N(c3cccc([N+](=O)[O-])c3)C2=O)cc1. The van der Waals surface area contributed by atoms with Crippen LogP contribution < -0.4 is 15.0 Å². The van der Waals surface area contributed by atoms with E-state index in [-0.39, 0.29) is 16.9 Å². The number of urea groups is 1. The molecule has 0 radical (unpaired) electrons. The summed E-state index contributed by atoms with van der Waals surface area (Å²) in [7, 11) is 0. The number of hydrogen-bond donors (Lipinski definition) is 1. The normalized spacial score (nSPS) is 14.9. The van der Waals surface area contributed by atoms with E-state index in [1.807, 2.05) is 0 Å². The number of ether oxygens (including phenoxy) is 1. The molecule has 4 amide bonds. The number of hydrogen-bond acceptors (Lipinski definition) is 6. The summed E-state index contributed by atoms with van der Waals surface area (Å²) in [5.41, 5.74) is 0.0243. The molecule has 0 unspecified atom stereocenters. The van der Waals surface area contributed by atoms with Gasteiger partial charge in [-0.05, 0) is 36.3 Å².